The van der Waals surface area contributed by atoms with Crippen molar-refractivity contribution in [2.75, 3.05) is 63.8 Å². The van der Waals surface area contributed by atoms with Gasteiger partial charge in [0.1, 0.15) is 5.82 Å². The van der Waals surface area contributed by atoms with Crippen molar-refractivity contribution in [2.24, 2.45) is 0 Å². The molecule has 172 valence electrons. The lowest BCUT2D eigenvalue weighted by Gasteiger charge is -2.38. The van der Waals surface area contributed by atoms with Gasteiger partial charge in [-0.05, 0) is 42.5 Å². The molecule has 2 aromatic rings. The molecular formula is C22H26ClFN4O3S. The maximum atomic E-state index is 13.4. The number of amides is 1. The van der Waals surface area contributed by atoms with Crippen LogP contribution in [-0.4, -0.2) is 87.3 Å². The first kappa shape index (κ1) is 23.0. The van der Waals surface area contributed by atoms with E-state index in [1.807, 2.05) is 24.3 Å². The van der Waals surface area contributed by atoms with Crippen molar-refractivity contribution >= 4 is 33.2 Å². The minimum atomic E-state index is -3.76. The van der Waals surface area contributed by atoms with Crippen molar-refractivity contribution in [2.45, 2.75) is 4.90 Å². The Labute approximate surface area is 193 Å². The van der Waals surface area contributed by atoms with Crippen LogP contribution in [0.3, 0.4) is 0 Å². The number of carbonyl (C=O) groups is 1. The molecule has 0 aliphatic carbocycles. The summed E-state index contributed by atoms with van der Waals surface area (Å²) in [5, 5.41) is 0.710. The highest BCUT2D eigenvalue weighted by atomic mass is 35.5. The molecule has 0 radical (unpaired) electrons. The van der Waals surface area contributed by atoms with Crippen molar-refractivity contribution in [1.82, 2.24) is 14.1 Å². The van der Waals surface area contributed by atoms with Crippen molar-refractivity contribution in [1.29, 1.82) is 0 Å². The molecule has 2 aliphatic heterocycles. The number of anilines is 1. The summed E-state index contributed by atoms with van der Waals surface area (Å²) in [6.45, 7) is 4.61. The van der Waals surface area contributed by atoms with E-state index in [-0.39, 0.29) is 23.9 Å². The van der Waals surface area contributed by atoms with E-state index >= 15 is 0 Å². The van der Waals surface area contributed by atoms with Crippen LogP contribution in [0.1, 0.15) is 0 Å². The van der Waals surface area contributed by atoms with Crippen LogP contribution in [0.15, 0.2) is 53.4 Å². The second-order valence-electron chi connectivity index (χ2n) is 7.98. The van der Waals surface area contributed by atoms with Crippen molar-refractivity contribution in [3.8, 4) is 0 Å². The summed E-state index contributed by atoms with van der Waals surface area (Å²) in [6.07, 6.45) is 0. The van der Waals surface area contributed by atoms with Crippen molar-refractivity contribution < 1.29 is 17.6 Å². The Balaban J connectivity index is 1.26. The molecule has 0 atom stereocenters. The number of carbonyl (C=O) groups excluding carboxylic acids is 1. The zero-order chi connectivity index (χ0) is 22.7. The van der Waals surface area contributed by atoms with Crippen LogP contribution in [-0.2, 0) is 14.8 Å². The normalized spacial score (nSPS) is 18.7. The van der Waals surface area contributed by atoms with Gasteiger partial charge in [0.25, 0.3) is 0 Å². The fourth-order valence-corrected chi connectivity index (χ4v) is 5.64. The number of halogens is 2. The number of nitrogens with zero attached hydrogens (tertiary/aromatic N) is 4. The molecule has 2 saturated heterocycles. The first-order valence-electron chi connectivity index (χ1n) is 10.6. The standard InChI is InChI=1S/C22H26ClFN4O3S/c23-18-4-6-20(7-5-18)26-10-8-25(9-11-26)17-22(29)27-12-14-28(15-13-27)32(30,31)21-3-1-2-19(24)16-21/h1-7,16H,8-15,17H2. The van der Waals surface area contributed by atoms with Gasteiger partial charge in [0.15, 0.2) is 0 Å². The Bertz CT molecular complexity index is 1050. The number of piperazine rings is 2. The molecule has 0 N–H and O–H groups in total. The Hall–Kier alpha value is -2.20. The third kappa shape index (κ3) is 5.23. The molecule has 0 aromatic heterocycles. The lowest BCUT2D eigenvalue weighted by Crippen LogP contribution is -2.54. The Morgan fingerprint density at radius 2 is 1.56 bits per heavy atom. The van der Waals surface area contributed by atoms with Gasteiger partial charge in [0, 0.05) is 63.1 Å². The second kappa shape index (κ2) is 9.74. The number of benzene rings is 2. The minimum Gasteiger partial charge on any atom is -0.369 e. The molecule has 7 nitrogen and oxygen atoms in total. The molecule has 0 unspecified atom stereocenters. The van der Waals surface area contributed by atoms with Crippen molar-refractivity contribution in [3.05, 3.63) is 59.4 Å². The van der Waals surface area contributed by atoms with E-state index in [0.29, 0.717) is 24.7 Å². The number of sulfonamides is 1. The Morgan fingerprint density at radius 3 is 2.19 bits per heavy atom. The third-order valence-electron chi connectivity index (χ3n) is 5.95. The summed E-state index contributed by atoms with van der Waals surface area (Å²) in [4.78, 5) is 18.8. The molecule has 32 heavy (non-hydrogen) atoms. The molecule has 0 spiro atoms. The summed E-state index contributed by atoms with van der Waals surface area (Å²) in [6, 6.07) is 12.8. The second-order valence-corrected chi connectivity index (χ2v) is 10.4. The Morgan fingerprint density at radius 1 is 0.906 bits per heavy atom. The van der Waals surface area contributed by atoms with Crippen LogP contribution in [0.25, 0.3) is 0 Å². The molecule has 1 amide bonds. The van der Waals surface area contributed by atoms with E-state index in [1.54, 1.807) is 4.90 Å². The molecule has 2 heterocycles. The van der Waals surface area contributed by atoms with Crippen LogP contribution in [0.2, 0.25) is 5.02 Å². The first-order chi connectivity index (χ1) is 15.3. The summed E-state index contributed by atoms with van der Waals surface area (Å²) in [7, 11) is -3.76. The molecule has 2 fully saturated rings. The smallest absolute Gasteiger partial charge is 0.243 e. The van der Waals surface area contributed by atoms with E-state index in [2.05, 4.69) is 9.80 Å². The van der Waals surface area contributed by atoms with Gasteiger partial charge in [-0.15, -0.1) is 0 Å². The van der Waals surface area contributed by atoms with E-state index in [1.165, 1.54) is 22.5 Å². The van der Waals surface area contributed by atoms with Crippen LogP contribution in [0.5, 0.6) is 0 Å². The van der Waals surface area contributed by atoms with Gasteiger partial charge in [-0.25, -0.2) is 12.8 Å². The van der Waals surface area contributed by atoms with E-state index < -0.39 is 15.8 Å². The fourth-order valence-electron chi connectivity index (χ4n) is 4.06. The monoisotopic (exact) mass is 480 g/mol. The van der Waals surface area contributed by atoms with Crippen LogP contribution >= 0.6 is 11.6 Å². The lowest BCUT2D eigenvalue weighted by atomic mass is 10.2. The van der Waals surface area contributed by atoms with Crippen LogP contribution in [0.4, 0.5) is 10.1 Å². The van der Waals surface area contributed by atoms with E-state index in [0.717, 1.165) is 37.9 Å². The predicted octanol–water partition coefficient (Wildman–Crippen LogP) is 2.13. The van der Waals surface area contributed by atoms with Crippen LogP contribution in [0, 0.1) is 5.82 Å². The number of hydrogen-bond acceptors (Lipinski definition) is 5. The van der Waals surface area contributed by atoms with Gasteiger partial charge in [0.05, 0.1) is 11.4 Å². The highest BCUT2D eigenvalue weighted by Gasteiger charge is 2.31. The van der Waals surface area contributed by atoms with Gasteiger partial charge < -0.3 is 9.80 Å². The zero-order valence-corrected chi connectivity index (χ0v) is 19.2. The number of rotatable bonds is 5. The number of hydrogen-bond donors (Lipinski definition) is 0. The summed E-state index contributed by atoms with van der Waals surface area (Å²) >= 11 is 5.96. The molecule has 4 rings (SSSR count). The third-order valence-corrected chi connectivity index (χ3v) is 8.09. The summed E-state index contributed by atoms with van der Waals surface area (Å²) in [5.41, 5.74) is 1.12. The van der Waals surface area contributed by atoms with Crippen molar-refractivity contribution in [3.63, 3.8) is 0 Å². The van der Waals surface area contributed by atoms with Gasteiger partial charge in [0.2, 0.25) is 15.9 Å². The average Bonchev–Trinajstić information content (AvgIpc) is 2.80. The minimum absolute atomic E-state index is 0.00717. The maximum Gasteiger partial charge on any atom is 0.243 e. The predicted molar refractivity (Wildman–Crippen MR) is 122 cm³/mol. The topological polar surface area (TPSA) is 64.2 Å². The van der Waals surface area contributed by atoms with Gasteiger partial charge in [-0.3, -0.25) is 9.69 Å². The molecule has 2 aliphatic rings. The fraction of sp³-hybridized carbons (Fsp3) is 0.409. The molecule has 0 saturated carbocycles. The molecule has 10 heteroatoms. The molecule has 2 aromatic carbocycles. The average molecular weight is 481 g/mol. The van der Waals surface area contributed by atoms with E-state index in [9.17, 15) is 17.6 Å². The lowest BCUT2D eigenvalue weighted by molar-refractivity contribution is -0.133. The van der Waals surface area contributed by atoms with Crippen LogP contribution < -0.4 is 4.90 Å². The molecule has 0 bridgehead atoms. The van der Waals surface area contributed by atoms with Gasteiger partial charge in [-0.2, -0.15) is 4.31 Å². The maximum absolute atomic E-state index is 13.4. The quantitative estimate of drug-likeness (QED) is 0.656. The molecular weight excluding hydrogens is 455 g/mol. The SMILES string of the molecule is O=C(CN1CCN(c2ccc(Cl)cc2)CC1)N1CCN(S(=O)(=O)c2cccc(F)c2)CC1. The van der Waals surface area contributed by atoms with Gasteiger partial charge in [-0.1, -0.05) is 17.7 Å². The highest BCUT2D eigenvalue weighted by Crippen LogP contribution is 2.20. The zero-order valence-electron chi connectivity index (χ0n) is 17.7. The van der Waals surface area contributed by atoms with Gasteiger partial charge >= 0.3 is 0 Å². The summed E-state index contributed by atoms with van der Waals surface area (Å²) in [5.74, 6) is -0.580. The summed E-state index contributed by atoms with van der Waals surface area (Å²) < 4.78 is 40.2. The largest absolute Gasteiger partial charge is 0.369 e. The first-order valence-corrected chi connectivity index (χ1v) is 12.4. The highest BCUT2D eigenvalue weighted by molar-refractivity contribution is 7.89. The van der Waals surface area contributed by atoms with E-state index in [4.69, 9.17) is 11.6 Å². The Kier molecular flexibility index (Phi) is 6.99.